The molecule has 3 rings (SSSR count). The van der Waals surface area contributed by atoms with Crippen LogP contribution in [0.25, 0.3) is 0 Å². The highest BCUT2D eigenvalue weighted by Gasteiger charge is 2.40. The fraction of sp³-hybridized carbons (Fsp3) is 0.600. The maximum Gasteiger partial charge on any atom is 0.243 e. The van der Waals surface area contributed by atoms with Crippen molar-refractivity contribution < 1.29 is 13.7 Å². The number of carbonyl (C=O) groups is 1. The van der Waals surface area contributed by atoms with Crippen LogP contribution >= 0.6 is 22.0 Å². The molecule has 0 radical (unpaired) electrons. The summed E-state index contributed by atoms with van der Waals surface area (Å²) in [6.07, 6.45) is 5.24. The predicted octanol–water partition coefficient (Wildman–Crippen LogP) is 3.46. The summed E-state index contributed by atoms with van der Waals surface area (Å²) in [7, 11) is -1.99. The largest absolute Gasteiger partial charge is 0.381 e. The highest BCUT2D eigenvalue weighted by Crippen LogP contribution is 2.38. The van der Waals surface area contributed by atoms with Crippen LogP contribution in [0.4, 0.5) is 0 Å². The molecule has 1 aromatic rings. The predicted molar refractivity (Wildman–Crippen MR) is 124 cm³/mol. The van der Waals surface area contributed by atoms with Crippen LogP contribution in [-0.2, 0) is 25.7 Å². The molecule has 3 heterocycles. The Bertz CT molecular complexity index is 909. The zero-order chi connectivity index (χ0) is 21.4. The van der Waals surface area contributed by atoms with Gasteiger partial charge in [-0.05, 0) is 70.1 Å². The van der Waals surface area contributed by atoms with Gasteiger partial charge >= 0.3 is 0 Å². The first kappa shape index (κ1) is 22.5. The van der Waals surface area contributed by atoms with Crippen LogP contribution < -0.4 is 5.32 Å². The molecule has 1 aromatic heterocycles. The van der Waals surface area contributed by atoms with E-state index in [0.29, 0.717) is 18.2 Å². The Morgan fingerprint density at radius 2 is 2.00 bits per heavy atom. The van der Waals surface area contributed by atoms with Crippen LogP contribution in [0.1, 0.15) is 50.4 Å². The topological polar surface area (TPSA) is 80.7 Å². The van der Waals surface area contributed by atoms with Gasteiger partial charge in [0, 0.05) is 45.8 Å². The molecule has 0 spiro atoms. The summed E-state index contributed by atoms with van der Waals surface area (Å²) in [5.74, 6) is 3.85. The van der Waals surface area contributed by atoms with Crippen LogP contribution in [0.2, 0.25) is 0 Å². The molecule has 160 valence electrons. The Morgan fingerprint density at radius 1 is 1.34 bits per heavy atom. The van der Waals surface area contributed by atoms with Crippen LogP contribution in [-0.4, -0.2) is 49.9 Å². The Hall–Kier alpha value is -1.16. The lowest BCUT2D eigenvalue weighted by Crippen LogP contribution is -2.48. The van der Waals surface area contributed by atoms with E-state index in [2.05, 4.69) is 30.0 Å². The van der Waals surface area contributed by atoms with Gasteiger partial charge in [0.1, 0.15) is 4.75 Å². The van der Waals surface area contributed by atoms with Gasteiger partial charge in [-0.15, -0.1) is 11.3 Å². The second kappa shape index (κ2) is 8.53. The molecule has 1 amide bonds. The van der Waals surface area contributed by atoms with E-state index < -0.39 is 26.2 Å². The fourth-order valence-corrected chi connectivity index (χ4v) is 6.86. The van der Waals surface area contributed by atoms with E-state index in [1.54, 1.807) is 25.2 Å². The minimum absolute atomic E-state index is 0.0135. The maximum absolute atomic E-state index is 13.1. The van der Waals surface area contributed by atoms with Crippen molar-refractivity contribution in [3.63, 3.8) is 0 Å². The van der Waals surface area contributed by atoms with Gasteiger partial charge in [0.25, 0.3) is 0 Å². The third kappa shape index (κ3) is 4.62. The van der Waals surface area contributed by atoms with Gasteiger partial charge in [0.2, 0.25) is 5.91 Å². The number of ether oxygens (including phenoxy) is 1. The molecule has 2 atom stereocenters. The number of thiazole rings is 1. The van der Waals surface area contributed by atoms with Gasteiger partial charge in [-0.2, -0.15) is 0 Å². The summed E-state index contributed by atoms with van der Waals surface area (Å²) in [6.45, 7) is 10.9. The number of hydrogen-bond donors (Lipinski definition) is 1. The van der Waals surface area contributed by atoms with Gasteiger partial charge in [0.05, 0.1) is 15.7 Å². The summed E-state index contributed by atoms with van der Waals surface area (Å²) in [6, 6.07) is 0. The molecule has 0 saturated carbocycles. The van der Waals surface area contributed by atoms with E-state index in [1.165, 1.54) is 0 Å². The highest BCUT2D eigenvalue weighted by molar-refractivity contribution is 8.16. The molecule has 1 saturated heterocycles. The zero-order valence-electron chi connectivity index (χ0n) is 17.6. The summed E-state index contributed by atoms with van der Waals surface area (Å²) in [4.78, 5) is 18.5. The SMILES string of the molecule is C=S1N=C(C(C)(C)c2cnc(C)s2)C=C1NC(=O)C(C)(C)S(=O)C1CCOCC1. The maximum atomic E-state index is 13.1. The number of carbonyl (C=O) groups excluding carboxylic acids is 1. The molecule has 0 bridgehead atoms. The summed E-state index contributed by atoms with van der Waals surface area (Å²) in [5.41, 5.74) is 0.556. The van der Waals surface area contributed by atoms with Crippen LogP contribution in [0.3, 0.4) is 0 Å². The minimum Gasteiger partial charge on any atom is -0.381 e. The summed E-state index contributed by atoms with van der Waals surface area (Å²) < 4.78 is 22.1. The molecule has 2 aliphatic rings. The molecule has 1 fully saturated rings. The van der Waals surface area contributed by atoms with Crippen LogP contribution in [0.5, 0.6) is 0 Å². The number of amides is 1. The second-order valence-corrected chi connectivity index (χ2v) is 13.2. The van der Waals surface area contributed by atoms with Crippen molar-refractivity contribution in [1.29, 1.82) is 0 Å². The minimum atomic E-state index is -1.29. The van der Waals surface area contributed by atoms with Gasteiger partial charge in [-0.1, -0.05) is 0 Å². The highest BCUT2D eigenvalue weighted by atomic mass is 32.2. The van der Waals surface area contributed by atoms with Gasteiger partial charge < -0.3 is 10.1 Å². The van der Waals surface area contributed by atoms with Gasteiger partial charge in [-0.25, -0.2) is 9.38 Å². The van der Waals surface area contributed by atoms with E-state index in [-0.39, 0.29) is 16.6 Å². The molecular formula is C20H29N3O3S3. The van der Waals surface area contributed by atoms with Crippen molar-refractivity contribution in [3.05, 3.63) is 27.2 Å². The average Bonchev–Trinajstić information content (AvgIpc) is 3.28. The quantitative estimate of drug-likeness (QED) is 0.666. The molecule has 1 N–H and O–H groups in total. The Kier molecular flexibility index (Phi) is 6.62. The molecule has 9 heteroatoms. The lowest BCUT2D eigenvalue weighted by Gasteiger charge is -2.30. The standard InChI is InChI=1S/C20H29N3O3S3/c1-13-21-12-16(27-13)19(2,3)15-11-17(28(6)23-15)22-18(24)20(4,5)29(25)14-7-9-26-10-8-14/h11-12,14H,6-10H2,1-5H3,(H,22,24). The van der Waals surface area contributed by atoms with E-state index in [1.807, 2.05) is 19.2 Å². The number of hydrogen-bond acceptors (Lipinski definition) is 6. The number of allylic oxidation sites excluding steroid dienone is 1. The van der Waals surface area contributed by atoms with Crippen molar-refractivity contribution in [2.45, 2.75) is 62.9 Å². The number of nitrogens with zero attached hydrogens (tertiary/aromatic N) is 2. The first-order chi connectivity index (χ1) is 13.5. The van der Waals surface area contributed by atoms with E-state index in [4.69, 9.17) is 9.13 Å². The molecule has 2 aliphatic heterocycles. The first-order valence-electron chi connectivity index (χ1n) is 9.61. The normalized spacial score (nSPS) is 22.2. The van der Waals surface area contributed by atoms with Crippen LogP contribution in [0.15, 0.2) is 21.7 Å². The third-order valence-electron chi connectivity index (χ3n) is 5.37. The van der Waals surface area contributed by atoms with Gasteiger partial charge in [-0.3, -0.25) is 9.00 Å². The monoisotopic (exact) mass is 455 g/mol. The zero-order valence-corrected chi connectivity index (χ0v) is 20.1. The van der Waals surface area contributed by atoms with Crippen LogP contribution in [0, 0.1) is 6.92 Å². The molecule has 29 heavy (non-hydrogen) atoms. The van der Waals surface area contributed by atoms with Gasteiger partial charge in [0.15, 0.2) is 0 Å². The Morgan fingerprint density at radius 3 is 2.59 bits per heavy atom. The summed E-state index contributed by atoms with van der Waals surface area (Å²) >= 11 is 1.65. The van der Waals surface area contributed by atoms with Crippen molar-refractivity contribution in [2.75, 3.05) is 13.2 Å². The average molecular weight is 456 g/mol. The van der Waals surface area contributed by atoms with E-state index >= 15 is 0 Å². The number of aromatic nitrogens is 1. The van der Waals surface area contributed by atoms with Crippen molar-refractivity contribution >= 4 is 50.3 Å². The Labute approximate surface area is 181 Å². The molecule has 2 unspecified atom stereocenters. The molecular weight excluding hydrogens is 426 g/mol. The second-order valence-electron chi connectivity index (χ2n) is 8.29. The Balaban J connectivity index is 1.74. The lowest BCUT2D eigenvalue weighted by molar-refractivity contribution is -0.121. The van der Waals surface area contributed by atoms with E-state index in [9.17, 15) is 9.00 Å². The molecule has 6 nitrogen and oxygen atoms in total. The summed E-state index contributed by atoms with van der Waals surface area (Å²) in [5, 5.41) is 4.64. The first-order valence-corrected chi connectivity index (χ1v) is 13.0. The molecule has 0 aliphatic carbocycles. The van der Waals surface area contributed by atoms with Crippen molar-refractivity contribution in [3.8, 4) is 0 Å². The smallest absolute Gasteiger partial charge is 0.243 e. The lowest BCUT2D eigenvalue weighted by atomic mass is 9.86. The van der Waals surface area contributed by atoms with E-state index in [0.717, 1.165) is 28.4 Å². The molecule has 0 aromatic carbocycles. The number of nitrogens with one attached hydrogen (secondary N) is 1. The number of rotatable bonds is 6. The number of aryl methyl sites for hydroxylation is 1. The van der Waals surface area contributed by atoms with Crippen molar-refractivity contribution in [2.24, 2.45) is 4.40 Å². The fourth-order valence-electron chi connectivity index (χ4n) is 3.21. The van der Waals surface area contributed by atoms with Crippen molar-refractivity contribution in [1.82, 2.24) is 10.3 Å². The third-order valence-corrected chi connectivity index (χ3v) is 10.0.